The predicted molar refractivity (Wildman–Crippen MR) is 93.1 cm³/mol. The van der Waals surface area contributed by atoms with Crippen LogP contribution in [-0.2, 0) is 10.0 Å². The molecule has 1 aromatic carbocycles. The Morgan fingerprint density at radius 1 is 1.12 bits per heavy atom. The predicted octanol–water partition coefficient (Wildman–Crippen LogP) is 3.34. The fourth-order valence-electron chi connectivity index (χ4n) is 2.30. The van der Waals surface area contributed by atoms with Crippen LogP contribution >= 0.6 is 11.6 Å². The Morgan fingerprint density at radius 3 is 2.54 bits per heavy atom. The lowest BCUT2D eigenvalue weighted by molar-refractivity contribution is 0.600. The van der Waals surface area contributed by atoms with Crippen molar-refractivity contribution in [3.63, 3.8) is 0 Å². The minimum absolute atomic E-state index is 0.143. The highest BCUT2D eigenvalue weighted by molar-refractivity contribution is 7.92. The van der Waals surface area contributed by atoms with E-state index in [0.29, 0.717) is 22.1 Å². The van der Waals surface area contributed by atoms with Crippen LogP contribution in [-0.4, -0.2) is 23.0 Å². The van der Waals surface area contributed by atoms with Gasteiger partial charge >= 0.3 is 0 Å². The zero-order chi connectivity index (χ0) is 17.3. The zero-order valence-corrected chi connectivity index (χ0v) is 14.6. The van der Waals surface area contributed by atoms with Crippen LogP contribution < -0.4 is 4.72 Å². The summed E-state index contributed by atoms with van der Waals surface area (Å²) in [5, 5.41) is 0.405. The molecule has 6 nitrogen and oxygen atoms in total. The third-order valence-electron chi connectivity index (χ3n) is 3.58. The SMILES string of the molecule is Cc1c(Cl)cccc1S(=O)(=O)Nc1ccc(-n2ccnc2C)nc1. The van der Waals surface area contributed by atoms with E-state index in [4.69, 9.17) is 11.6 Å². The third kappa shape index (κ3) is 3.13. The van der Waals surface area contributed by atoms with Crippen LogP contribution in [0.2, 0.25) is 5.02 Å². The van der Waals surface area contributed by atoms with E-state index in [0.717, 1.165) is 5.82 Å². The molecule has 0 aliphatic heterocycles. The Morgan fingerprint density at radius 2 is 1.92 bits per heavy atom. The smallest absolute Gasteiger partial charge is 0.262 e. The lowest BCUT2D eigenvalue weighted by Crippen LogP contribution is -2.14. The quantitative estimate of drug-likeness (QED) is 0.772. The molecule has 0 unspecified atom stereocenters. The van der Waals surface area contributed by atoms with Gasteiger partial charge in [0.1, 0.15) is 11.6 Å². The van der Waals surface area contributed by atoms with E-state index >= 15 is 0 Å². The van der Waals surface area contributed by atoms with Crippen molar-refractivity contribution in [1.82, 2.24) is 14.5 Å². The first-order valence-corrected chi connectivity index (χ1v) is 8.99. The standard InChI is InChI=1S/C16H15ClN4O2S/c1-11-14(17)4-3-5-15(11)24(22,23)20-13-6-7-16(19-10-13)21-9-8-18-12(21)2/h3-10,20H,1-2H3. The fourth-order valence-corrected chi connectivity index (χ4v) is 3.84. The zero-order valence-electron chi connectivity index (χ0n) is 13.1. The van der Waals surface area contributed by atoms with Crippen LogP contribution in [0.4, 0.5) is 5.69 Å². The molecule has 0 aliphatic carbocycles. The second-order valence-corrected chi connectivity index (χ2v) is 7.28. The summed E-state index contributed by atoms with van der Waals surface area (Å²) in [7, 11) is -3.73. The Balaban J connectivity index is 1.88. The van der Waals surface area contributed by atoms with Crippen LogP contribution in [0.3, 0.4) is 0 Å². The van der Waals surface area contributed by atoms with Crippen molar-refractivity contribution in [3.05, 3.63) is 65.3 Å². The average molecular weight is 363 g/mol. The molecular weight excluding hydrogens is 348 g/mol. The summed E-state index contributed by atoms with van der Waals surface area (Å²) in [5.74, 6) is 1.46. The molecule has 0 radical (unpaired) electrons. The molecule has 0 bridgehead atoms. The van der Waals surface area contributed by atoms with Gasteiger partial charge in [-0.25, -0.2) is 18.4 Å². The first kappa shape index (κ1) is 16.5. The van der Waals surface area contributed by atoms with Gasteiger partial charge in [0.15, 0.2) is 0 Å². The lowest BCUT2D eigenvalue weighted by atomic mass is 10.2. The molecule has 24 heavy (non-hydrogen) atoms. The summed E-state index contributed by atoms with van der Waals surface area (Å²) < 4.78 is 29.4. The Bertz CT molecular complexity index is 982. The summed E-state index contributed by atoms with van der Waals surface area (Å²) in [5.41, 5.74) is 0.876. The first-order chi connectivity index (χ1) is 11.4. The number of aromatic nitrogens is 3. The summed E-state index contributed by atoms with van der Waals surface area (Å²) in [6, 6.07) is 8.14. The first-order valence-electron chi connectivity index (χ1n) is 7.13. The van der Waals surface area contributed by atoms with Gasteiger partial charge in [-0.15, -0.1) is 0 Å². The highest BCUT2D eigenvalue weighted by atomic mass is 35.5. The van der Waals surface area contributed by atoms with Gasteiger partial charge in [-0.1, -0.05) is 17.7 Å². The number of sulfonamides is 1. The van der Waals surface area contributed by atoms with Crippen molar-refractivity contribution in [2.45, 2.75) is 18.7 Å². The third-order valence-corrected chi connectivity index (χ3v) is 5.52. The monoisotopic (exact) mass is 362 g/mol. The van der Waals surface area contributed by atoms with Gasteiger partial charge in [-0.3, -0.25) is 9.29 Å². The molecule has 0 saturated carbocycles. The van der Waals surface area contributed by atoms with E-state index in [1.165, 1.54) is 12.3 Å². The number of imidazole rings is 1. The van der Waals surface area contributed by atoms with Crippen molar-refractivity contribution in [2.75, 3.05) is 4.72 Å². The molecule has 0 spiro atoms. The fraction of sp³-hybridized carbons (Fsp3) is 0.125. The minimum Gasteiger partial charge on any atom is -0.288 e. The van der Waals surface area contributed by atoms with Crippen molar-refractivity contribution >= 4 is 27.3 Å². The highest BCUT2D eigenvalue weighted by Crippen LogP contribution is 2.24. The molecule has 0 atom stereocenters. The van der Waals surface area contributed by atoms with E-state index < -0.39 is 10.0 Å². The van der Waals surface area contributed by atoms with Crippen molar-refractivity contribution in [2.24, 2.45) is 0 Å². The van der Waals surface area contributed by atoms with Gasteiger partial charge in [-0.2, -0.15) is 0 Å². The van der Waals surface area contributed by atoms with Gasteiger partial charge in [-0.05, 0) is 43.7 Å². The molecule has 2 aromatic heterocycles. The van der Waals surface area contributed by atoms with Gasteiger partial charge in [0.25, 0.3) is 10.0 Å². The topological polar surface area (TPSA) is 76.9 Å². The number of hydrogen-bond acceptors (Lipinski definition) is 4. The summed E-state index contributed by atoms with van der Waals surface area (Å²) >= 11 is 6.00. The molecule has 3 rings (SSSR count). The van der Waals surface area contributed by atoms with Crippen molar-refractivity contribution in [3.8, 4) is 5.82 Å². The van der Waals surface area contributed by atoms with Gasteiger partial charge < -0.3 is 0 Å². The van der Waals surface area contributed by atoms with E-state index in [9.17, 15) is 8.42 Å². The van der Waals surface area contributed by atoms with Crippen LogP contribution in [0.15, 0.2) is 53.8 Å². The number of rotatable bonds is 4. The molecule has 124 valence electrons. The Labute approximate surface area is 145 Å². The van der Waals surface area contributed by atoms with Crippen LogP contribution in [0.5, 0.6) is 0 Å². The average Bonchev–Trinajstić information content (AvgIpc) is 2.96. The summed E-state index contributed by atoms with van der Waals surface area (Å²) in [4.78, 5) is 8.54. The largest absolute Gasteiger partial charge is 0.288 e. The number of pyridine rings is 1. The van der Waals surface area contributed by atoms with Gasteiger partial charge in [0, 0.05) is 17.4 Å². The molecular formula is C16H15ClN4O2S. The summed E-state index contributed by atoms with van der Waals surface area (Å²) in [6.45, 7) is 3.53. The number of hydrogen-bond donors (Lipinski definition) is 1. The van der Waals surface area contributed by atoms with E-state index in [-0.39, 0.29) is 4.90 Å². The molecule has 0 aliphatic rings. The van der Waals surface area contributed by atoms with Crippen LogP contribution in [0.1, 0.15) is 11.4 Å². The molecule has 3 aromatic rings. The Kier molecular flexibility index (Phi) is 4.29. The van der Waals surface area contributed by atoms with E-state index in [2.05, 4.69) is 14.7 Å². The molecule has 0 fully saturated rings. The molecule has 0 amide bonds. The highest BCUT2D eigenvalue weighted by Gasteiger charge is 2.18. The summed E-state index contributed by atoms with van der Waals surface area (Å²) in [6.07, 6.45) is 4.93. The second-order valence-electron chi connectivity index (χ2n) is 5.22. The maximum absolute atomic E-state index is 12.5. The van der Waals surface area contributed by atoms with Crippen molar-refractivity contribution < 1.29 is 8.42 Å². The van der Waals surface area contributed by atoms with E-state index in [1.54, 1.807) is 48.1 Å². The maximum atomic E-state index is 12.5. The number of nitrogens with one attached hydrogen (secondary N) is 1. The van der Waals surface area contributed by atoms with Crippen LogP contribution in [0, 0.1) is 13.8 Å². The Hall–Kier alpha value is -2.38. The van der Waals surface area contributed by atoms with Gasteiger partial charge in [0.2, 0.25) is 0 Å². The normalized spacial score (nSPS) is 11.5. The van der Waals surface area contributed by atoms with Gasteiger partial charge in [0.05, 0.1) is 16.8 Å². The second kappa shape index (κ2) is 6.26. The van der Waals surface area contributed by atoms with Crippen molar-refractivity contribution in [1.29, 1.82) is 0 Å². The molecule has 2 heterocycles. The molecule has 0 saturated heterocycles. The molecule has 8 heteroatoms. The lowest BCUT2D eigenvalue weighted by Gasteiger charge is -2.11. The van der Waals surface area contributed by atoms with E-state index in [1.807, 2.05) is 6.92 Å². The molecule has 1 N–H and O–H groups in total. The number of benzene rings is 1. The number of nitrogens with zero attached hydrogens (tertiary/aromatic N) is 3. The number of aryl methyl sites for hydroxylation is 1. The minimum atomic E-state index is -3.73. The maximum Gasteiger partial charge on any atom is 0.262 e. The number of halogens is 1. The van der Waals surface area contributed by atoms with Crippen LogP contribution in [0.25, 0.3) is 5.82 Å². The number of anilines is 1.